The molecule has 2 nitrogen and oxygen atoms in total. The van der Waals surface area contributed by atoms with Crippen molar-refractivity contribution in [2.75, 3.05) is 5.73 Å². The van der Waals surface area contributed by atoms with Crippen LogP contribution in [0.1, 0.15) is 11.1 Å². The van der Waals surface area contributed by atoms with Crippen molar-refractivity contribution in [1.82, 2.24) is 0 Å². The normalized spacial score (nSPS) is 10.4. The van der Waals surface area contributed by atoms with E-state index in [4.69, 9.17) is 33.7 Å². The second-order valence-electron chi connectivity index (χ2n) is 4.09. The van der Waals surface area contributed by atoms with Gasteiger partial charge in [0.05, 0.1) is 10.0 Å². The van der Waals surface area contributed by atoms with Crippen LogP contribution in [0.2, 0.25) is 10.0 Å². The van der Waals surface area contributed by atoms with Crippen LogP contribution in [0.25, 0.3) is 0 Å². The van der Waals surface area contributed by atoms with Crippen LogP contribution in [0.5, 0.6) is 5.75 Å². The van der Waals surface area contributed by atoms with Crippen LogP contribution in [0.3, 0.4) is 0 Å². The van der Waals surface area contributed by atoms with Crippen LogP contribution in [0.15, 0.2) is 36.4 Å². The summed E-state index contributed by atoms with van der Waals surface area (Å²) in [5.41, 5.74) is 8.42. The minimum atomic E-state index is 0.420. The molecule has 0 atom stereocenters. The van der Waals surface area contributed by atoms with Gasteiger partial charge in [-0.15, -0.1) is 0 Å². The third kappa shape index (κ3) is 3.09. The van der Waals surface area contributed by atoms with Gasteiger partial charge in [-0.05, 0) is 24.6 Å². The van der Waals surface area contributed by atoms with Crippen molar-refractivity contribution >= 4 is 28.9 Å². The average Bonchev–Trinajstić information content (AvgIpc) is 2.30. The Morgan fingerprint density at radius 2 is 1.61 bits per heavy atom. The van der Waals surface area contributed by atoms with E-state index in [-0.39, 0.29) is 0 Å². The molecule has 0 spiro atoms. The topological polar surface area (TPSA) is 35.2 Å². The van der Waals surface area contributed by atoms with Gasteiger partial charge in [-0.2, -0.15) is 0 Å². The summed E-state index contributed by atoms with van der Waals surface area (Å²) in [5, 5.41) is 0.847. The maximum atomic E-state index is 6.04. The lowest BCUT2D eigenvalue weighted by molar-refractivity contribution is 0.306. The molecule has 94 valence electrons. The molecule has 0 aliphatic carbocycles. The van der Waals surface area contributed by atoms with Crippen molar-refractivity contribution in [3.63, 3.8) is 0 Å². The molecule has 0 saturated carbocycles. The highest BCUT2D eigenvalue weighted by Gasteiger charge is 2.08. The molecule has 0 saturated heterocycles. The molecule has 2 rings (SSSR count). The summed E-state index contributed by atoms with van der Waals surface area (Å²) in [6, 6.07) is 11.3. The van der Waals surface area contributed by atoms with E-state index in [1.54, 1.807) is 12.1 Å². The van der Waals surface area contributed by atoms with Gasteiger partial charge in [0.1, 0.15) is 6.61 Å². The summed E-state index contributed by atoms with van der Waals surface area (Å²) in [4.78, 5) is 0. The first-order valence-corrected chi connectivity index (χ1v) is 6.24. The van der Waals surface area contributed by atoms with Gasteiger partial charge in [0.25, 0.3) is 0 Å². The summed E-state index contributed by atoms with van der Waals surface area (Å²) in [5.74, 6) is 0.466. The first kappa shape index (κ1) is 13.1. The van der Waals surface area contributed by atoms with Gasteiger partial charge in [0.15, 0.2) is 5.75 Å². The summed E-state index contributed by atoms with van der Waals surface area (Å²) >= 11 is 12.1. The highest BCUT2D eigenvalue weighted by molar-refractivity contribution is 6.37. The summed E-state index contributed by atoms with van der Waals surface area (Å²) in [6.07, 6.45) is 0. The van der Waals surface area contributed by atoms with Crippen molar-refractivity contribution in [1.29, 1.82) is 0 Å². The number of nitrogens with two attached hydrogens (primary N) is 1. The first-order chi connectivity index (χ1) is 8.56. The molecule has 0 aliphatic rings. The SMILES string of the molecule is Cc1ccc(COc2c(Cl)cc(N)cc2Cl)cc1. The molecule has 2 N–H and O–H groups in total. The second-order valence-corrected chi connectivity index (χ2v) is 4.90. The van der Waals surface area contributed by atoms with Crippen molar-refractivity contribution in [2.24, 2.45) is 0 Å². The summed E-state index contributed by atoms with van der Waals surface area (Å²) in [7, 11) is 0. The maximum absolute atomic E-state index is 6.04. The molecule has 18 heavy (non-hydrogen) atoms. The first-order valence-electron chi connectivity index (χ1n) is 5.49. The minimum absolute atomic E-state index is 0.420. The molecule has 0 heterocycles. The Morgan fingerprint density at radius 3 is 2.17 bits per heavy atom. The van der Waals surface area contributed by atoms with Gasteiger partial charge >= 0.3 is 0 Å². The molecule has 0 aromatic heterocycles. The summed E-state index contributed by atoms with van der Waals surface area (Å²) < 4.78 is 5.63. The van der Waals surface area contributed by atoms with Crippen LogP contribution in [0, 0.1) is 6.92 Å². The van der Waals surface area contributed by atoms with Gasteiger partial charge in [-0.3, -0.25) is 0 Å². The number of anilines is 1. The Morgan fingerprint density at radius 1 is 1.06 bits per heavy atom. The van der Waals surface area contributed by atoms with E-state index >= 15 is 0 Å². The third-order valence-corrected chi connectivity index (χ3v) is 3.09. The van der Waals surface area contributed by atoms with E-state index in [9.17, 15) is 0 Å². The Hall–Kier alpha value is -1.38. The number of ether oxygens (including phenoxy) is 1. The molecule has 4 heteroatoms. The highest BCUT2D eigenvalue weighted by atomic mass is 35.5. The van der Waals surface area contributed by atoms with Crippen molar-refractivity contribution in [3.05, 3.63) is 57.6 Å². The molecular formula is C14H13Cl2NO. The zero-order valence-electron chi connectivity index (χ0n) is 9.91. The van der Waals surface area contributed by atoms with Crippen LogP contribution in [-0.4, -0.2) is 0 Å². The number of hydrogen-bond acceptors (Lipinski definition) is 2. The van der Waals surface area contributed by atoms with E-state index in [1.165, 1.54) is 5.56 Å². The molecule has 0 amide bonds. The highest BCUT2D eigenvalue weighted by Crippen LogP contribution is 2.35. The van der Waals surface area contributed by atoms with Crippen molar-refractivity contribution < 1.29 is 4.74 Å². The van der Waals surface area contributed by atoms with Crippen LogP contribution in [-0.2, 0) is 6.61 Å². The monoisotopic (exact) mass is 281 g/mol. The second kappa shape index (κ2) is 5.51. The number of rotatable bonds is 3. The third-order valence-electron chi connectivity index (χ3n) is 2.52. The van der Waals surface area contributed by atoms with Gasteiger partial charge in [-0.25, -0.2) is 0 Å². The standard InChI is InChI=1S/C14H13Cl2NO/c1-9-2-4-10(5-3-9)8-18-14-12(15)6-11(17)7-13(14)16/h2-7H,8,17H2,1H3. The number of hydrogen-bond donors (Lipinski definition) is 1. The maximum Gasteiger partial charge on any atom is 0.157 e. The van der Waals surface area contributed by atoms with Crippen LogP contribution in [0.4, 0.5) is 5.69 Å². The van der Waals surface area contributed by atoms with Crippen LogP contribution >= 0.6 is 23.2 Å². The minimum Gasteiger partial charge on any atom is -0.486 e. The van der Waals surface area contributed by atoms with E-state index in [0.717, 1.165) is 5.56 Å². The van der Waals surface area contributed by atoms with E-state index < -0.39 is 0 Å². The lowest BCUT2D eigenvalue weighted by Gasteiger charge is -2.10. The predicted octanol–water partition coefficient (Wildman–Crippen LogP) is 4.46. The molecular weight excluding hydrogens is 269 g/mol. The smallest absolute Gasteiger partial charge is 0.157 e. The lowest BCUT2D eigenvalue weighted by atomic mass is 10.2. The average molecular weight is 282 g/mol. The number of aryl methyl sites for hydroxylation is 1. The Labute approximate surface area is 116 Å². The quantitative estimate of drug-likeness (QED) is 0.843. The molecule has 0 bridgehead atoms. The number of halogens is 2. The van der Waals surface area contributed by atoms with Gasteiger partial charge in [0.2, 0.25) is 0 Å². The Bertz CT molecular complexity index is 529. The van der Waals surface area contributed by atoms with E-state index in [0.29, 0.717) is 28.1 Å². The molecule has 0 unspecified atom stereocenters. The zero-order valence-corrected chi connectivity index (χ0v) is 11.4. The van der Waals surface area contributed by atoms with Gasteiger partial charge in [0, 0.05) is 5.69 Å². The fraction of sp³-hybridized carbons (Fsp3) is 0.143. The molecule has 0 radical (unpaired) electrons. The van der Waals surface area contributed by atoms with E-state index in [1.807, 2.05) is 31.2 Å². The lowest BCUT2D eigenvalue weighted by Crippen LogP contribution is -1.97. The summed E-state index contributed by atoms with van der Waals surface area (Å²) in [6.45, 7) is 2.46. The van der Waals surface area contributed by atoms with Crippen molar-refractivity contribution in [2.45, 2.75) is 13.5 Å². The van der Waals surface area contributed by atoms with E-state index in [2.05, 4.69) is 0 Å². The van der Waals surface area contributed by atoms with Crippen LogP contribution < -0.4 is 10.5 Å². The number of nitrogen functional groups attached to an aromatic ring is 1. The van der Waals surface area contributed by atoms with Gasteiger partial charge < -0.3 is 10.5 Å². The largest absolute Gasteiger partial charge is 0.486 e. The number of benzene rings is 2. The molecule has 0 fully saturated rings. The van der Waals surface area contributed by atoms with Gasteiger partial charge in [-0.1, -0.05) is 53.0 Å². The predicted molar refractivity (Wildman–Crippen MR) is 76.4 cm³/mol. The zero-order chi connectivity index (χ0) is 13.1. The molecule has 2 aromatic rings. The molecule has 2 aromatic carbocycles. The Balaban J connectivity index is 2.13. The Kier molecular flexibility index (Phi) is 4.00. The fourth-order valence-corrected chi connectivity index (χ4v) is 2.17. The molecule has 0 aliphatic heterocycles. The fourth-order valence-electron chi connectivity index (χ4n) is 1.56. The van der Waals surface area contributed by atoms with Crippen molar-refractivity contribution in [3.8, 4) is 5.75 Å².